The van der Waals surface area contributed by atoms with Crippen molar-refractivity contribution in [2.45, 2.75) is 83.5 Å². The first-order chi connectivity index (χ1) is 24.4. The molecule has 6 atom stereocenters. The van der Waals surface area contributed by atoms with E-state index in [2.05, 4.69) is 11.9 Å². The number of rotatable bonds is 11. The molecule has 2 aromatic carbocycles. The largest absolute Gasteiger partial charge is 0.497 e. The number of likely N-dealkylation sites (tertiary alicyclic amines) is 2. The lowest BCUT2D eigenvalue weighted by atomic mass is 9.77. The molecule has 0 radical (unpaired) electrons. The summed E-state index contributed by atoms with van der Waals surface area (Å²) in [5.41, 5.74) is 7.37. The van der Waals surface area contributed by atoms with Gasteiger partial charge in [-0.25, -0.2) is 4.98 Å². The Kier molecular flexibility index (Phi) is 10.4. The summed E-state index contributed by atoms with van der Waals surface area (Å²) in [6, 6.07) is 15.8. The SMILES string of the molecule is C=CC1CC1NC(=O)[C@@H]1C[C@@H](Oc2cc(-c3ccccc3)nc3cc(OC)ccc23)CN1C(=O)[C@@H](CC(=O)N1CCCCC1C(N)=O)C(C)(C)C. The Morgan fingerprint density at radius 2 is 1.80 bits per heavy atom. The van der Waals surface area contributed by atoms with Gasteiger partial charge in [-0.3, -0.25) is 19.2 Å². The maximum Gasteiger partial charge on any atom is 0.243 e. The Bertz CT molecular complexity index is 1810. The lowest BCUT2D eigenvalue weighted by molar-refractivity contribution is -0.150. The lowest BCUT2D eigenvalue weighted by Gasteiger charge is -2.38. The molecule has 3 unspecified atom stereocenters. The fraction of sp³-hybridized carbons (Fsp3) is 0.475. The van der Waals surface area contributed by atoms with Crippen molar-refractivity contribution in [2.24, 2.45) is 23.0 Å². The van der Waals surface area contributed by atoms with Gasteiger partial charge in [-0.2, -0.15) is 0 Å². The minimum atomic E-state index is -0.802. The molecular weight excluding hydrogens is 646 g/mol. The van der Waals surface area contributed by atoms with Crippen molar-refractivity contribution in [1.82, 2.24) is 20.1 Å². The molecule has 0 bridgehead atoms. The quantitative estimate of drug-likeness (QED) is 0.273. The summed E-state index contributed by atoms with van der Waals surface area (Å²) < 4.78 is 12.2. The van der Waals surface area contributed by atoms with Crippen LogP contribution in [0.4, 0.5) is 0 Å². The molecule has 4 amide bonds. The van der Waals surface area contributed by atoms with Crippen LogP contribution in [-0.2, 0) is 19.2 Å². The highest BCUT2D eigenvalue weighted by Gasteiger charge is 2.48. The highest BCUT2D eigenvalue weighted by atomic mass is 16.5. The first kappa shape index (κ1) is 35.9. The molecule has 51 heavy (non-hydrogen) atoms. The van der Waals surface area contributed by atoms with E-state index in [0.717, 1.165) is 30.2 Å². The molecule has 2 saturated heterocycles. The molecule has 1 aliphatic carbocycles. The predicted molar refractivity (Wildman–Crippen MR) is 195 cm³/mol. The summed E-state index contributed by atoms with van der Waals surface area (Å²) in [5, 5.41) is 3.89. The van der Waals surface area contributed by atoms with Crippen molar-refractivity contribution >= 4 is 34.5 Å². The van der Waals surface area contributed by atoms with Gasteiger partial charge in [0.2, 0.25) is 23.6 Å². The fourth-order valence-electron chi connectivity index (χ4n) is 7.41. The first-order valence-electron chi connectivity index (χ1n) is 17.9. The van der Waals surface area contributed by atoms with E-state index in [9.17, 15) is 19.2 Å². The Morgan fingerprint density at radius 3 is 2.47 bits per heavy atom. The minimum Gasteiger partial charge on any atom is -0.497 e. The van der Waals surface area contributed by atoms with Crippen molar-refractivity contribution in [3.05, 3.63) is 67.3 Å². The molecule has 11 nitrogen and oxygen atoms in total. The zero-order chi connectivity index (χ0) is 36.4. The molecule has 1 aromatic heterocycles. The number of primary amides is 1. The zero-order valence-corrected chi connectivity index (χ0v) is 30.0. The highest BCUT2D eigenvalue weighted by Crippen LogP contribution is 2.38. The Hall–Kier alpha value is -4.93. The number of pyridine rings is 1. The maximum absolute atomic E-state index is 14.7. The molecule has 3 aliphatic rings. The number of benzene rings is 2. The number of methoxy groups -OCH3 is 1. The van der Waals surface area contributed by atoms with Gasteiger partial charge in [0.1, 0.15) is 29.7 Å². The van der Waals surface area contributed by atoms with Crippen LogP contribution in [0.2, 0.25) is 0 Å². The number of hydrogen-bond acceptors (Lipinski definition) is 7. The van der Waals surface area contributed by atoms with Gasteiger partial charge in [0.25, 0.3) is 0 Å². The van der Waals surface area contributed by atoms with Crippen LogP contribution in [0.3, 0.4) is 0 Å². The highest BCUT2D eigenvalue weighted by molar-refractivity contribution is 5.93. The van der Waals surface area contributed by atoms with Gasteiger partial charge in [0.05, 0.1) is 30.8 Å². The number of ether oxygens (including phenoxy) is 2. The second-order valence-corrected chi connectivity index (χ2v) is 15.1. The van der Waals surface area contributed by atoms with Crippen molar-refractivity contribution in [3.8, 4) is 22.8 Å². The van der Waals surface area contributed by atoms with Crippen LogP contribution in [-0.4, -0.2) is 82.8 Å². The van der Waals surface area contributed by atoms with E-state index in [1.807, 2.05) is 81.4 Å². The molecule has 11 heteroatoms. The summed E-state index contributed by atoms with van der Waals surface area (Å²) in [4.78, 5) is 62.6. The maximum atomic E-state index is 14.7. The second kappa shape index (κ2) is 14.7. The van der Waals surface area contributed by atoms with E-state index >= 15 is 0 Å². The summed E-state index contributed by atoms with van der Waals surface area (Å²) in [7, 11) is 1.61. The van der Waals surface area contributed by atoms with Gasteiger partial charge in [-0.15, -0.1) is 6.58 Å². The van der Waals surface area contributed by atoms with Gasteiger partial charge in [-0.05, 0) is 49.1 Å². The molecule has 3 aromatic rings. The molecule has 1 saturated carbocycles. The molecule has 3 N–H and O–H groups in total. The Labute approximate surface area is 299 Å². The van der Waals surface area contributed by atoms with Crippen molar-refractivity contribution in [3.63, 3.8) is 0 Å². The van der Waals surface area contributed by atoms with Crippen molar-refractivity contribution in [2.75, 3.05) is 20.2 Å². The van der Waals surface area contributed by atoms with E-state index < -0.39 is 35.4 Å². The summed E-state index contributed by atoms with van der Waals surface area (Å²) in [6.45, 7) is 10.2. The molecule has 6 rings (SSSR count). The summed E-state index contributed by atoms with van der Waals surface area (Å²) in [5.74, 6) is -0.665. The van der Waals surface area contributed by atoms with Crippen LogP contribution >= 0.6 is 0 Å². The third-order valence-electron chi connectivity index (χ3n) is 10.5. The van der Waals surface area contributed by atoms with E-state index in [1.165, 1.54) is 4.90 Å². The minimum absolute atomic E-state index is 0.0238. The topological polar surface area (TPSA) is 144 Å². The molecular formula is C40H49N5O6. The predicted octanol–water partition coefficient (Wildman–Crippen LogP) is 4.87. The number of aromatic nitrogens is 1. The monoisotopic (exact) mass is 695 g/mol. The molecule has 3 heterocycles. The number of nitrogens with zero attached hydrogens (tertiary/aromatic N) is 3. The van der Waals surface area contributed by atoms with E-state index in [-0.39, 0.29) is 49.1 Å². The first-order valence-corrected chi connectivity index (χ1v) is 17.9. The summed E-state index contributed by atoms with van der Waals surface area (Å²) in [6.07, 6.45) is 4.39. The second-order valence-electron chi connectivity index (χ2n) is 15.1. The third-order valence-corrected chi connectivity index (χ3v) is 10.5. The number of amides is 4. The van der Waals surface area contributed by atoms with E-state index in [1.54, 1.807) is 12.0 Å². The van der Waals surface area contributed by atoms with Gasteiger partial charge < -0.3 is 30.3 Å². The number of hydrogen-bond donors (Lipinski definition) is 2. The summed E-state index contributed by atoms with van der Waals surface area (Å²) >= 11 is 0. The number of carbonyl (C=O) groups is 4. The van der Waals surface area contributed by atoms with Crippen LogP contribution in [0.1, 0.15) is 59.3 Å². The number of piperidine rings is 1. The van der Waals surface area contributed by atoms with Gasteiger partial charge in [0.15, 0.2) is 0 Å². The van der Waals surface area contributed by atoms with Crippen molar-refractivity contribution in [1.29, 1.82) is 0 Å². The average Bonchev–Trinajstić information content (AvgIpc) is 3.74. The molecule has 0 spiro atoms. The van der Waals surface area contributed by atoms with Gasteiger partial charge in [0, 0.05) is 48.5 Å². The van der Waals surface area contributed by atoms with Crippen LogP contribution in [0.25, 0.3) is 22.2 Å². The Balaban J connectivity index is 1.30. The third kappa shape index (κ3) is 7.87. The van der Waals surface area contributed by atoms with E-state index in [0.29, 0.717) is 35.7 Å². The van der Waals surface area contributed by atoms with Crippen molar-refractivity contribution < 1.29 is 28.7 Å². The van der Waals surface area contributed by atoms with Gasteiger partial charge in [-0.1, -0.05) is 57.2 Å². The molecule has 2 aliphatic heterocycles. The molecule has 3 fully saturated rings. The lowest BCUT2D eigenvalue weighted by Crippen LogP contribution is -2.53. The zero-order valence-electron chi connectivity index (χ0n) is 30.0. The van der Waals surface area contributed by atoms with Gasteiger partial charge >= 0.3 is 0 Å². The van der Waals surface area contributed by atoms with Crippen LogP contribution < -0.4 is 20.5 Å². The smallest absolute Gasteiger partial charge is 0.243 e. The van der Waals surface area contributed by atoms with E-state index in [4.69, 9.17) is 20.2 Å². The number of nitrogens with one attached hydrogen (secondary N) is 1. The standard InChI is InChI=1S/C40H49N5O6/c1-6-24-18-30(24)43-38(48)34-20-27(51-35-22-31(25-12-8-7-9-13-25)42-32-19-26(50-5)15-16-28(32)35)23-45(34)39(49)29(40(2,3)4)21-36(46)44-17-11-10-14-33(44)37(41)47/h6-9,12-13,15-16,19,22,24,27,29-30,33-34H,1,10-11,14,17-18,20-21,23H2,2-5H3,(H2,41,47)(H,43,48)/t24?,27-,29-,30?,33?,34+/m1/s1. The number of carbonyl (C=O) groups excluding carboxylic acids is 4. The van der Waals surface area contributed by atoms with Crippen LogP contribution in [0, 0.1) is 17.3 Å². The number of nitrogens with two attached hydrogens (primary N) is 1. The molecule has 270 valence electrons. The Morgan fingerprint density at radius 1 is 1.04 bits per heavy atom. The van der Waals surface area contributed by atoms with Crippen LogP contribution in [0.5, 0.6) is 11.5 Å². The average molecular weight is 696 g/mol. The fourth-order valence-corrected chi connectivity index (χ4v) is 7.41. The number of fused-ring (bicyclic) bond motifs is 1. The normalized spacial score (nSPS) is 23.7. The van der Waals surface area contributed by atoms with Crippen LogP contribution in [0.15, 0.2) is 67.3 Å².